The van der Waals surface area contributed by atoms with E-state index in [0.717, 1.165) is 62.0 Å². The summed E-state index contributed by atoms with van der Waals surface area (Å²) in [6, 6.07) is 9.08. The molecular formula is C24H27ClFN7. The van der Waals surface area contributed by atoms with Crippen LogP contribution in [0.4, 0.5) is 22.0 Å². The lowest BCUT2D eigenvalue weighted by Gasteiger charge is -2.41. The van der Waals surface area contributed by atoms with E-state index in [9.17, 15) is 4.39 Å². The van der Waals surface area contributed by atoms with Gasteiger partial charge in [0.25, 0.3) is 0 Å². The molecule has 4 heterocycles. The number of aromatic nitrogens is 4. The normalized spacial score (nSPS) is 21.0. The third-order valence-corrected chi connectivity index (χ3v) is 6.77. The highest BCUT2D eigenvalue weighted by atomic mass is 35.5. The molecule has 3 aromatic rings. The van der Waals surface area contributed by atoms with Crippen LogP contribution in [0.5, 0.6) is 0 Å². The summed E-state index contributed by atoms with van der Waals surface area (Å²) in [4.78, 5) is 25.2. The fourth-order valence-corrected chi connectivity index (χ4v) is 4.94. The fraction of sp³-hybridized carbons (Fsp3) is 0.417. The van der Waals surface area contributed by atoms with Gasteiger partial charge in [-0.15, -0.1) is 0 Å². The van der Waals surface area contributed by atoms with Crippen LogP contribution in [0.15, 0.2) is 42.7 Å². The number of benzene rings is 1. The molecule has 2 saturated heterocycles. The Labute approximate surface area is 198 Å². The number of rotatable bonds is 4. The fourth-order valence-electron chi connectivity index (χ4n) is 4.71. The summed E-state index contributed by atoms with van der Waals surface area (Å²) in [5.74, 6) is 2.08. The van der Waals surface area contributed by atoms with E-state index in [1.54, 1.807) is 24.5 Å². The van der Waals surface area contributed by atoms with Gasteiger partial charge in [0, 0.05) is 62.3 Å². The topological polar surface area (TPSA) is 61.3 Å². The molecule has 1 aromatic carbocycles. The number of piperazine rings is 1. The van der Waals surface area contributed by atoms with Crippen molar-refractivity contribution in [3.63, 3.8) is 0 Å². The Kier molecular flexibility index (Phi) is 6.01. The van der Waals surface area contributed by atoms with Gasteiger partial charge in [0.1, 0.15) is 11.6 Å². The van der Waals surface area contributed by atoms with Crippen LogP contribution in [0.25, 0.3) is 11.3 Å². The van der Waals surface area contributed by atoms with Crippen LogP contribution in [-0.4, -0.2) is 58.2 Å². The van der Waals surface area contributed by atoms with Gasteiger partial charge in [0.05, 0.1) is 5.69 Å². The third kappa shape index (κ3) is 4.44. The largest absolute Gasteiger partial charge is 0.350 e. The quantitative estimate of drug-likeness (QED) is 0.562. The van der Waals surface area contributed by atoms with Gasteiger partial charge in [-0.25, -0.2) is 19.3 Å². The Hall–Kier alpha value is -3.00. The van der Waals surface area contributed by atoms with Crippen LogP contribution in [0.2, 0.25) is 5.15 Å². The first-order valence-corrected chi connectivity index (χ1v) is 11.8. The summed E-state index contributed by atoms with van der Waals surface area (Å²) in [5.41, 5.74) is 1.69. The zero-order valence-corrected chi connectivity index (χ0v) is 19.6. The minimum absolute atomic E-state index is 0.177. The SMILES string of the molecule is C[C@@H]1CN(c2nccnc2Cl)CCN1c1cc(-c2ccc(F)cc2)nc(N2CCC[C@H]2C)n1. The summed E-state index contributed by atoms with van der Waals surface area (Å²) in [6.45, 7) is 7.61. The van der Waals surface area contributed by atoms with Gasteiger partial charge in [0.2, 0.25) is 5.95 Å². The van der Waals surface area contributed by atoms with E-state index in [1.807, 2.05) is 6.07 Å². The molecule has 5 rings (SSSR count). The van der Waals surface area contributed by atoms with Gasteiger partial charge >= 0.3 is 0 Å². The monoisotopic (exact) mass is 467 g/mol. The van der Waals surface area contributed by atoms with E-state index < -0.39 is 0 Å². The van der Waals surface area contributed by atoms with E-state index in [4.69, 9.17) is 21.6 Å². The molecule has 0 unspecified atom stereocenters. The Balaban J connectivity index is 1.47. The van der Waals surface area contributed by atoms with Gasteiger partial charge < -0.3 is 14.7 Å². The predicted molar refractivity (Wildman–Crippen MR) is 130 cm³/mol. The second-order valence-corrected chi connectivity index (χ2v) is 9.12. The number of halogens is 2. The molecule has 7 nitrogen and oxygen atoms in total. The molecule has 9 heteroatoms. The molecule has 0 saturated carbocycles. The molecule has 0 radical (unpaired) electrons. The highest BCUT2D eigenvalue weighted by Crippen LogP contribution is 2.31. The zero-order chi connectivity index (χ0) is 22.9. The predicted octanol–water partition coefficient (Wildman–Crippen LogP) is 4.43. The molecule has 2 fully saturated rings. The van der Waals surface area contributed by atoms with E-state index in [-0.39, 0.29) is 11.9 Å². The highest BCUT2D eigenvalue weighted by molar-refractivity contribution is 6.31. The smallest absolute Gasteiger partial charge is 0.228 e. The lowest BCUT2D eigenvalue weighted by molar-refractivity contribution is 0.541. The highest BCUT2D eigenvalue weighted by Gasteiger charge is 2.29. The standard InChI is InChI=1S/C24H27ClFN7/c1-16-4-3-11-33(16)24-29-20(18-5-7-19(26)8-6-18)14-21(30-24)32-13-12-31(15-17(32)2)23-22(25)27-9-10-28-23/h5-10,14,16-17H,3-4,11-13,15H2,1-2H3/t16-,17-/m1/s1. The van der Waals surface area contributed by atoms with Crippen LogP contribution < -0.4 is 14.7 Å². The first-order valence-electron chi connectivity index (χ1n) is 11.4. The van der Waals surface area contributed by atoms with Gasteiger partial charge in [0.15, 0.2) is 11.0 Å². The van der Waals surface area contributed by atoms with E-state index in [2.05, 4.69) is 38.5 Å². The maximum Gasteiger partial charge on any atom is 0.228 e. The van der Waals surface area contributed by atoms with Crippen LogP contribution in [0, 0.1) is 5.82 Å². The summed E-state index contributed by atoms with van der Waals surface area (Å²) < 4.78 is 13.5. The van der Waals surface area contributed by atoms with Gasteiger partial charge in [-0.2, -0.15) is 4.98 Å². The van der Waals surface area contributed by atoms with Crippen LogP contribution in [0.3, 0.4) is 0 Å². The Bertz CT molecular complexity index is 1130. The molecule has 2 aliphatic heterocycles. The average Bonchev–Trinajstić information content (AvgIpc) is 3.25. The Morgan fingerprint density at radius 3 is 2.42 bits per heavy atom. The summed E-state index contributed by atoms with van der Waals surface area (Å²) in [5, 5.41) is 0.420. The Morgan fingerprint density at radius 2 is 1.73 bits per heavy atom. The van der Waals surface area contributed by atoms with Gasteiger partial charge in [-0.05, 0) is 51.0 Å². The minimum atomic E-state index is -0.256. The molecule has 2 aromatic heterocycles. The van der Waals surface area contributed by atoms with Crippen molar-refractivity contribution in [1.29, 1.82) is 0 Å². The molecule has 0 bridgehead atoms. The zero-order valence-electron chi connectivity index (χ0n) is 18.8. The van der Waals surface area contributed by atoms with Crippen molar-refractivity contribution in [3.8, 4) is 11.3 Å². The molecule has 2 atom stereocenters. The van der Waals surface area contributed by atoms with Crippen molar-refractivity contribution in [3.05, 3.63) is 53.7 Å². The molecule has 0 N–H and O–H groups in total. The number of anilines is 3. The Morgan fingerprint density at radius 1 is 0.939 bits per heavy atom. The summed E-state index contributed by atoms with van der Waals surface area (Å²) in [7, 11) is 0. The van der Waals surface area contributed by atoms with Crippen LogP contribution in [-0.2, 0) is 0 Å². The second kappa shape index (κ2) is 9.09. The third-order valence-electron chi connectivity index (χ3n) is 6.51. The molecule has 0 amide bonds. The van der Waals surface area contributed by atoms with Crippen molar-refractivity contribution in [2.24, 2.45) is 0 Å². The first kappa shape index (κ1) is 21.8. The van der Waals surface area contributed by atoms with Crippen molar-refractivity contribution in [1.82, 2.24) is 19.9 Å². The molecule has 172 valence electrons. The average molecular weight is 468 g/mol. The molecule has 0 aliphatic carbocycles. The summed E-state index contributed by atoms with van der Waals surface area (Å²) in [6.07, 6.45) is 5.54. The summed E-state index contributed by atoms with van der Waals surface area (Å²) >= 11 is 6.28. The van der Waals surface area contributed by atoms with Gasteiger partial charge in [-0.3, -0.25) is 0 Å². The molecular weight excluding hydrogens is 441 g/mol. The lowest BCUT2D eigenvalue weighted by atomic mass is 10.1. The molecule has 2 aliphatic rings. The van der Waals surface area contributed by atoms with E-state index in [1.165, 1.54) is 12.1 Å². The number of hydrogen-bond acceptors (Lipinski definition) is 7. The van der Waals surface area contributed by atoms with Gasteiger partial charge in [-0.1, -0.05) is 11.6 Å². The van der Waals surface area contributed by atoms with E-state index in [0.29, 0.717) is 17.0 Å². The molecule has 0 spiro atoms. The first-order chi connectivity index (χ1) is 16.0. The van der Waals surface area contributed by atoms with Crippen LogP contribution in [0.1, 0.15) is 26.7 Å². The minimum Gasteiger partial charge on any atom is -0.350 e. The van der Waals surface area contributed by atoms with Crippen molar-refractivity contribution in [2.75, 3.05) is 40.9 Å². The lowest BCUT2D eigenvalue weighted by Crippen LogP contribution is -2.53. The number of hydrogen-bond donors (Lipinski definition) is 0. The number of nitrogens with zero attached hydrogens (tertiary/aromatic N) is 7. The van der Waals surface area contributed by atoms with Crippen molar-refractivity contribution >= 4 is 29.2 Å². The maximum atomic E-state index is 13.5. The maximum absolute atomic E-state index is 13.5. The van der Waals surface area contributed by atoms with Crippen LogP contribution >= 0.6 is 11.6 Å². The van der Waals surface area contributed by atoms with E-state index >= 15 is 0 Å². The second-order valence-electron chi connectivity index (χ2n) is 8.76. The van der Waals surface area contributed by atoms with Crippen molar-refractivity contribution < 1.29 is 4.39 Å². The van der Waals surface area contributed by atoms with Crippen molar-refractivity contribution in [2.45, 2.75) is 38.8 Å². The molecule has 33 heavy (non-hydrogen) atoms.